The van der Waals surface area contributed by atoms with Crippen LogP contribution >= 0.6 is 0 Å². The van der Waals surface area contributed by atoms with Gasteiger partial charge in [-0.25, -0.2) is 0 Å². The van der Waals surface area contributed by atoms with Crippen molar-refractivity contribution in [2.75, 3.05) is 0 Å². The van der Waals surface area contributed by atoms with E-state index in [-0.39, 0.29) is 11.7 Å². The van der Waals surface area contributed by atoms with Gasteiger partial charge in [0.2, 0.25) is 0 Å². The lowest BCUT2D eigenvalue weighted by molar-refractivity contribution is -0.142. The van der Waals surface area contributed by atoms with Crippen LogP contribution in [-0.4, -0.2) is 16.9 Å². The molecule has 14 heavy (non-hydrogen) atoms. The fourth-order valence-corrected chi connectivity index (χ4v) is 1.41. The topological polar surface area (TPSA) is 54.4 Å². The number of carbonyl (C=O) groups is 2. The van der Waals surface area contributed by atoms with E-state index in [1.165, 1.54) is 6.92 Å². The lowest BCUT2D eigenvalue weighted by Gasteiger charge is -2.10. The van der Waals surface area contributed by atoms with Crippen molar-refractivity contribution in [3.8, 4) is 0 Å². The van der Waals surface area contributed by atoms with Gasteiger partial charge in [-0.3, -0.25) is 4.79 Å². The zero-order valence-corrected chi connectivity index (χ0v) is 9.08. The Morgan fingerprint density at radius 2 is 1.86 bits per heavy atom. The van der Waals surface area contributed by atoms with Crippen molar-refractivity contribution in [3.05, 3.63) is 0 Å². The Bertz CT molecular complexity index is 187. The molecule has 0 aromatic heterocycles. The minimum absolute atomic E-state index is 0.0757. The van der Waals surface area contributed by atoms with Crippen molar-refractivity contribution in [1.29, 1.82) is 0 Å². The van der Waals surface area contributed by atoms with Crippen LogP contribution in [0.25, 0.3) is 0 Å². The molecule has 0 heterocycles. The number of hydrogen-bond acceptors (Lipinski definition) is 2. The molecule has 0 saturated heterocycles. The molecule has 0 aliphatic heterocycles. The Kier molecular flexibility index (Phi) is 7.07. The minimum Gasteiger partial charge on any atom is -0.481 e. The van der Waals surface area contributed by atoms with Crippen LogP contribution in [0.1, 0.15) is 52.4 Å². The zero-order valence-electron chi connectivity index (χ0n) is 9.08. The van der Waals surface area contributed by atoms with Gasteiger partial charge in [-0.15, -0.1) is 0 Å². The second-order valence-electron chi connectivity index (χ2n) is 3.77. The van der Waals surface area contributed by atoms with Crippen molar-refractivity contribution in [2.24, 2.45) is 5.92 Å². The molecule has 0 aliphatic rings. The summed E-state index contributed by atoms with van der Waals surface area (Å²) in [5.41, 5.74) is 0. The number of aliphatic carboxylic acids is 1. The first-order valence-corrected chi connectivity index (χ1v) is 5.30. The average molecular weight is 200 g/mol. The highest BCUT2D eigenvalue weighted by Crippen LogP contribution is 2.16. The summed E-state index contributed by atoms with van der Waals surface area (Å²) in [5, 5.41) is 8.87. The number of carboxylic acid groups (broad SMARTS) is 1. The Hall–Kier alpha value is -0.860. The lowest BCUT2D eigenvalue weighted by atomic mass is 9.95. The molecule has 82 valence electrons. The molecule has 0 saturated carbocycles. The van der Waals surface area contributed by atoms with Gasteiger partial charge >= 0.3 is 5.97 Å². The Labute approximate surface area is 85.5 Å². The Morgan fingerprint density at radius 3 is 2.29 bits per heavy atom. The second kappa shape index (κ2) is 7.54. The maximum absolute atomic E-state index is 10.8. The van der Waals surface area contributed by atoms with Crippen LogP contribution < -0.4 is 0 Å². The first-order valence-electron chi connectivity index (χ1n) is 5.30. The molecule has 0 bridgehead atoms. The molecule has 0 aromatic carbocycles. The van der Waals surface area contributed by atoms with Gasteiger partial charge in [0.25, 0.3) is 0 Å². The number of unbranched alkanes of at least 4 members (excludes halogenated alkanes) is 2. The summed E-state index contributed by atoms with van der Waals surface area (Å²) in [7, 11) is 0. The summed E-state index contributed by atoms with van der Waals surface area (Å²) in [6, 6.07) is 0. The van der Waals surface area contributed by atoms with Crippen LogP contribution in [0.15, 0.2) is 0 Å². The molecule has 1 unspecified atom stereocenters. The van der Waals surface area contributed by atoms with Crippen LogP contribution in [0, 0.1) is 5.92 Å². The highest BCUT2D eigenvalue weighted by molar-refractivity contribution is 5.76. The number of hydrogen-bond donors (Lipinski definition) is 1. The molecule has 0 aromatic rings. The van der Waals surface area contributed by atoms with E-state index in [0.29, 0.717) is 19.3 Å². The van der Waals surface area contributed by atoms with Gasteiger partial charge in [0, 0.05) is 6.42 Å². The SMILES string of the molecule is CCCCCC(CCC(C)=O)C(=O)O. The number of carbonyl (C=O) groups excluding carboxylic acids is 1. The van der Waals surface area contributed by atoms with Gasteiger partial charge in [-0.2, -0.15) is 0 Å². The summed E-state index contributed by atoms with van der Waals surface area (Å²) in [6.45, 7) is 3.59. The van der Waals surface area contributed by atoms with Gasteiger partial charge in [-0.05, 0) is 19.8 Å². The van der Waals surface area contributed by atoms with E-state index in [1.807, 2.05) is 0 Å². The average Bonchev–Trinajstić information content (AvgIpc) is 2.10. The molecule has 1 N–H and O–H groups in total. The summed E-state index contributed by atoms with van der Waals surface area (Å²) >= 11 is 0. The maximum Gasteiger partial charge on any atom is 0.306 e. The minimum atomic E-state index is -0.762. The van der Waals surface area contributed by atoms with Gasteiger partial charge in [0.1, 0.15) is 5.78 Å². The number of ketones is 1. The largest absolute Gasteiger partial charge is 0.481 e. The summed E-state index contributed by atoms with van der Waals surface area (Å²) in [5.74, 6) is -1.01. The molecule has 1 atom stereocenters. The number of rotatable bonds is 8. The molecule has 0 radical (unpaired) electrons. The summed E-state index contributed by atoms with van der Waals surface area (Å²) in [4.78, 5) is 21.5. The van der Waals surface area contributed by atoms with Gasteiger partial charge in [-0.1, -0.05) is 26.2 Å². The van der Waals surface area contributed by atoms with Crippen LogP contribution in [0.2, 0.25) is 0 Å². The first-order chi connectivity index (χ1) is 6.57. The van der Waals surface area contributed by atoms with Crippen molar-refractivity contribution >= 4 is 11.8 Å². The summed E-state index contributed by atoms with van der Waals surface area (Å²) < 4.78 is 0. The van der Waals surface area contributed by atoms with Gasteiger partial charge < -0.3 is 9.90 Å². The fourth-order valence-electron chi connectivity index (χ4n) is 1.41. The van der Waals surface area contributed by atoms with Crippen molar-refractivity contribution in [1.82, 2.24) is 0 Å². The molecular weight excluding hydrogens is 180 g/mol. The predicted octanol–water partition coefficient (Wildman–Crippen LogP) is 2.64. The van der Waals surface area contributed by atoms with E-state index in [9.17, 15) is 9.59 Å². The molecule has 0 rings (SSSR count). The van der Waals surface area contributed by atoms with Gasteiger partial charge in [0.15, 0.2) is 0 Å². The highest BCUT2D eigenvalue weighted by Gasteiger charge is 2.16. The van der Waals surface area contributed by atoms with Crippen LogP contribution in [0.4, 0.5) is 0 Å². The van der Waals surface area contributed by atoms with Crippen molar-refractivity contribution in [3.63, 3.8) is 0 Å². The van der Waals surface area contributed by atoms with Crippen molar-refractivity contribution in [2.45, 2.75) is 52.4 Å². The second-order valence-corrected chi connectivity index (χ2v) is 3.77. The normalized spacial score (nSPS) is 12.4. The number of Topliss-reactive ketones (excluding diaryl/α,β-unsaturated/α-hetero) is 1. The third-order valence-electron chi connectivity index (χ3n) is 2.35. The standard InChI is InChI=1S/C11H20O3/c1-3-4-5-6-10(11(13)14)8-7-9(2)12/h10H,3-8H2,1-2H3,(H,13,14). The Morgan fingerprint density at radius 1 is 1.21 bits per heavy atom. The maximum atomic E-state index is 10.8. The van der Waals surface area contributed by atoms with Gasteiger partial charge in [0.05, 0.1) is 5.92 Å². The van der Waals surface area contributed by atoms with E-state index >= 15 is 0 Å². The molecule has 0 fully saturated rings. The third-order valence-corrected chi connectivity index (χ3v) is 2.35. The molecular formula is C11H20O3. The zero-order chi connectivity index (χ0) is 11.0. The third kappa shape index (κ3) is 6.63. The van der Waals surface area contributed by atoms with E-state index in [1.54, 1.807) is 0 Å². The predicted molar refractivity (Wildman–Crippen MR) is 55.2 cm³/mol. The fraction of sp³-hybridized carbons (Fsp3) is 0.818. The smallest absolute Gasteiger partial charge is 0.306 e. The molecule has 0 aliphatic carbocycles. The van der Waals surface area contributed by atoms with E-state index < -0.39 is 5.97 Å². The van der Waals surface area contributed by atoms with E-state index in [2.05, 4.69) is 6.92 Å². The van der Waals surface area contributed by atoms with E-state index in [4.69, 9.17) is 5.11 Å². The quantitative estimate of drug-likeness (QED) is 0.613. The highest BCUT2D eigenvalue weighted by atomic mass is 16.4. The first kappa shape index (κ1) is 13.1. The van der Waals surface area contributed by atoms with Crippen LogP contribution in [0.3, 0.4) is 0 Å². The van der Waals surface area contributed by atoms with E-state index in [0.717, 1.165) is 19.3 Å². The molecule has 3 nitrogen and oxygen atoms in total. The lowest BCUT2D eigenvalue weighted by Crippen LogP contribution is -2.14. The number of carboxylic acids is 1. The summed E-state index contributed by atoms with van der Waals surface area (Å²) in [6.07, 6.45) is 4.71. The molecule has 0 amide bonds. The van der Waals surface area contributed by atoms with Crippen molar-refractivity contribution < 1.29 is 14.7 Å². The Balaban J connectivity index is 3.78. The molecule has 3 heteroatoms. The molecule has 0 spiro atoms. The van der Waals surface area contributed by atoms with Crippen LogP contribution in [-0.2, 0) is 9.59 Å². The monoisotopic (exact) mass is 200 g/mol. The van der Waals surface area contributed by atoms with Crippen LogP contribution in [0.5, 0.6) is 0 Å².